The van der Waals surface area contributed by atoms with Crippen LogP contribution in [0, 0.1) is 0 Å². The zero-order chi connectivity index (χ0) is 15.7. The Morgan fingerprint density at radius 3 is 2.73 bits per heavy atom. The molecule has 6 heteroatoms. The van der Waals surface area contributed by atoms with E-state index < -0.39 is 5.97 Å². The summed E-state index contributed by atoms with van der Waals surface area (Å²) in [5.41, 5.74) is 3.19. The number of hydrogen-bond acceptors (Lipinski definition) is 4. The lowest BCUT2D eigenvalue weighted by atomic mass is 9.99. The second kappa shape index (κ2) is 5.88. The number of hydrogen-bond donors (Lipinski definition) is 2. The zero-order valence-corrected chi connectivity index (χ0v) is 13.2. The van der Waals surface area contributed by atoms with Gasteiger partial charge in [-0.2, -0.15) is 0 Å². The molecule has 2 N–H and O–H groups in total. The van der Waals surface area contributed by atoms with Crippen molar-refractivity contribution in [1.29, 1.82) is 0 Å². The third-order valence-corrected chi connectivity index (χ3v) is 4.16. The number of allylic oxidation sites excluding steroid dienone is 2. The molecule has 0 saturated carbocycles. The molecule has 0 unspecified atom stereocenters. The molecule has 2 aromatic rings. The van der Waals surface area contributed by atoms with Crippen molar-refractivity contribution in [1.82, 2.24) is 9.97 Å². The molecule has 0 saturated heterocycles. The van der Waals surface area contributed by atoms with Gasteiger partial charge in [0.25, 0.3) is 0 Å². The van der Waals surface area contributed by atoms with Crippen LogP contribution in [0.1, 0.15) is 41.0 Å². The number of benzene rings is 1. The smallest absolute Gasteiger partial charge is 0.356 e. The lowest BCUT2D eigenvalue weighted by Gasteiger charge is -2.10. The van der Waals surface area contributed by atoms with Gasteiger partial charge in [-0.05, 0) is 48.6 Å². The first kappa shape index (κ1) is 14.7. The number of phenols is 1. The van der Waals surface area contributed by atoms with Gasteiger partial charge >= 0.3 is 5.97 Å². The summed E-state index contributed by atoms with van der Waals surface area (Å²) in [6.45, 7) is 0. The molecule has 1 aromatic heterocycles. The lowest BCUT2D eigenvalue weighted by Crippen LogP contribution is -2.03. The lowest BCUT2D eigenvalue weighted by molar-refractivity contribution is 0.0690. The predicted molar refractivity (Wildman–Crippen MR) is 85.5 cm³/mol. The fraction of sp³-hybridized carbons (Fsp3) is 0.188. The van der Waals surface area contributed by atoms with Crippen molar-refractivity contribution in [3.8, 4) is 5.75 Å². The van der Waals surface area contributed by atoms with E-state index >= 15 is 0 Å². The van der Waals surface area contributed by atoms with E-state index in [2.05, 4.69) is 25.9 Å². The number of phenolic OH excluding ortho intramolecular Hbond substituents is 1. The summed E-state index contributed by atoms with van der Waals surface area (Å²) < 4.78 is 0.879. The standard InChI is InChI=1S/C16H13BrN2O3/c17-9-4-5-15(20)12(6-9)10-2-1-3-11(10)13-7-18-8-14(19-13)16(21)22/h4-8,20H,1-3H2,(H,21,22). The number of halogens is 1. The van der Waals surface area contributed by atoms with Gasteiger partial charge < -0.3 is 10.2 Å². The van der Waals surface area contributed by atoms with Crippen molar-refractivity contribution >= 4 is 33.0 Å². The van der Waals surface area contributed by atoms with Crippen LogP contribution in [0.3, 0.4) is 0 Å². The molecule has 0 amide bonds. The first-order chi connectivity index (χ1) is 10.6. The highest BCUT2D eigenvalue weighted by molar-refractivity contribution is 9.10. The third-order valence-electron chi connectivity index (χ3n) is 3.66. The Morgan fingerprint density at radius 1 is 1.18 bits per heavy atom. The Morgan fingerprint density at radius 2 is 1.95 bits per heavy atom. The van der Waals surface area contributed by atoms with Crippen LogP contribution in [-0.4, -0.2) is 26.2 Å². The van der Waals surface area contributed by atoms with Gasteiger partial charge in [-0.3, -0.25) is 4.98 Å². The number of aromatic hydroxyl groups is 1. The van der Waals surface area contributed by atoms with Crippen LogP contribution in [0.4, 0.5) is 0 Å². The summed E-state index contributed by atoms with van der Waals surface area (Å²) in [5, 5.41) is 19.2. The molecule has 0 bridgehead atoms. The quantitative estimate of drug-likeness (QED) is 0.870. The van der Waals surface area contributed by atoms with Crippen molar-refractivity contribution in [2.24, 2.45) is 0 Å². The fourth-order valence-corrected chi connectivity index (χ4v) is 3.05. The molecule has 22 heavy (non-hydrogen) atoms. The average Bonchev–Trinajstić information content (AvgIpc) is 2.99. The Kier molecular flexibility index (Phi) is 3.94. The number of aromatic carboxylic acids is 1. The molecule has 0 aliphatic heterocycles. The molecule has 1 heterocycles. The van der Waals surface area contributed by atoms with Crippen LogP contribution >= 0.6 is 15.9 Å². The van der Waals surface area contributed by atoms with E-state index in [1.165, 1.54) is 6.20 Å². The van der Waals surface area contributed by atoms with Crippen molar-refractivity contribution in [3.63, 3.8) is 0 Å². The summed E-state index contributed by atoms with van der Waals surface area (Å²) in [5.74, 6) is -0.889. The summed E-state index contributed by atoms with van der Waals surface area (Å²) in [4.78, 5) is 19.2. The summed E-state index contributed by atoms with van der Waals surface area (Å²) in [6, 6.07) is 5.28. The molecule has 0 radical (unpaired) electrons. The fourth-order valence-electron chi connectivity index (χ4n) is 2.69. The molecule has 1 aliphatic carbocycles. The Labute approximate surface area is 135 Å². The Hall–Kier alpha value is -2.21. The molecule has 0 atom stereocenters. The topological polar surface area (TPSA) is 83.3 Å². The molecule has 1 aromatic carbocycles. The summed E-state index contributed by atoms with van der Waals surface area (Å²) >= 11 is 3.41. The number of carboxylic acids is 1. The van der Waals surface area contributed by atoms with Crippen LogP contribution in [0.5, 0.6) is 5.75 Å². The number of carboxylic acid groups (broad SMARTS) is 1. The van der Waals surface area contributed by atoms with Gasteiger partial charge in [-0.15, -0.1) is 0 Å². The van der Waals surface area contributed by atoms with Crippen molar-refractivity contribution in [2.45, 2.75) is 19.3 Å². The maximum Gasteiger partial charge on any atom is 0.356 e. The minimum Gasteiger partial charge on any atom is -0.507 e. The number of nitrogens with zero attached hydrogens (tertiary/aromatic N) is 2. The van der Waals surface area contributed by atoms with Crippen molar-refractivity contribution in [3.05, 3.63) is 52.0 Å². The predicted octanol–water partition coefficient (Wildman–Crippen LogP) is 3.74. The number of aromatic nitrogens is 2. The first-order valence-electron chi connectivity index (χ1n) is 6.83. The van der Waals surface area contributed by atoms with Crippen molar-refractivity contribution < 1.29 is 15.0 Å². The SMILES string of the molecule is O=C(O)c1cncc(C2=C(c3cc(Br)ccc3O)CCC2)n1. The second-order valence-corrected chi connectivity index (χ2v) is 5.98. The highest BCUT2D eigenvalue weighted by Crippen LogP contribution is 2.42. The number of rotatable bonds is 3. The van der Waals surface area contributed by atoms with E-state index in [1.54, 1.807) is 18.3 Å². The Balaban J connectivity index is 2.13. The molecule has 1 aliphatic rings. The largest absolute Gasteiger partial charge is 0.507 e. The highest BCUT2D eigenvalue weighted by Gasteiger charge is 2.22. The van der Waals surface area contributed by atoms with Gasteiger partial charge in [0.2, 0.25) is 0 Å². The van der Waals surface area contributed by atoms with E-state index in [0.717, 1.165) is 40.4 Å². The third kappa shape index (κ3) is 2.74. The second-order valence-electron chi connectivity index (χ2n) is 5.07. The van der Waals surface area contributed by atoms with E-state index in [-0.39, 0.29) is 11.4 Å². The molecule has 112 valence electrons. The normalized spacial score (nSPS) is 14.4. The van der Waals surface area contributed by atoms with Crippen LogP contribution in [0.15, 0.2) is 35.1 Å². The number of carbonyl (C=O) groups is 1. The summed E-state index contributed by atoms with van der Waals surface area (Å²) in [6.07, 6.45) is 5.35. The van der Waals surface area contributed by atoms with Crippen LogP contribution in [0.2, 0.25) is 0 Å². The molecule has 5 nitrogen and oxygen atoms in total. The highest BCUT2D eigenvalue weighted by atomic mass is 79.9. The van der Waals surface area contributed by atoms with Gasteiger partial charge in [-0.25, -0.2) is 9.78 Å². The average molecular weight is 361 g/mol. The van der Waals surface area contributed by atoms with Crippen LogP contribution in [0.25, 0.3) is 11.1 Å². The van der Waals surface area contributed by atoms with Crippen LogP contribution < -0.4 is 0 Å². The van der Waals surface area contributed by atoms with Gasteiger partial charge in [0.1, 0.15) is 5.75 Å². The minimum absolute atomic E-state index is 0.0743. The van der Waals surface area contributed by atoms with Crippen LogP contribution in [-0.2, 0) is 0 Å². The molecular weight excluding hydrogens is 348 g/mol. The van der Waals surface area contributed by atoms with Gasteiger partial charge in [-0.1, -0.05) is 15.9 Å². The maximum atomic E-state index is 11.1. The Bertz CT molecular complexity index is 787. The van der Waals surface area contributed by atoms with Crippen molar-refractivity contribution in [2.75, 3.05) is 0 Å². The van der Waals surface area contributed by atoms with E-state index in [9.17, 15) is 9.90 Å². The molecular formula is C16H13BrN2O3. The molecule has 0 spiro atoms. The maximum absolute atomic E-state index is 11.1. The van der Waals surface area contributed by atoms with E-state index in [4.69, 9.17) is 5.11 Å². The molecule has 0 fully saturated rings. The van der Waals surface area contributed by atoms with Gasteiger partial charge in [0.05, 0.1) is 18.1 Å². The van der Waals surface area contributed by atoms with E-state index in [1.807, 2.05) is 6.07 Å². The van der Waals surface area contributed by atoms with Gasteiger partial charge in [0, 0.05) is 10.0 Å². The first-order valence-corrected chi connectivity index (χ1v) is 7.62. The zero-order valence-electron chi connectivity index (χ0n) is 11.6. The monoisotopic (exact) mass is 360 g/mol. The van der Waals surface area contributed by atoms with Gasteiger partial charge in [0.15, 0.2) is 5.69 Å². The molecule has 3 rings (SSSR count). The van der Waals surface area contributed by atoms with E-state index in [0.29, 0.717) is 5.69 Å². The summed E-state index contributed by atoms with van der Waals surface area (Å²) in [7, 11) is 0. The minimum atomic E-state index is -1.10.